The van der Waals surface area contributed by atoms with Crippen LogP contribution in [0.4, 0.5) is 0 Å². The molecule has 2 aromatic carbocycles. The van der Waals surface area contributed by atoms with Crippen molar-refractivity contribution in [1.29, 1.82) is 0 Å². The van der Waals surface area contributed by atoms with Gasteiger partial charge in [0.2, 0.25) is 0 Å². The van der Waals surface area contributed by atoms with Gasteiger partial charge in [-0.25, -0.2) is 9.29 Å². The third kappa shape index (κ3) is 5.94. The fourth-order valence-corrected chi connectivity index (χ4v) is 6.39. The van der Waals surface area contributed by atoms with E-state index in [0.29, 0.717) is 22.1 Å². The van der Waals surface area contributed by atoms with Crippen LogP contribution in [-0.2, 0) is 11.3 Å². The molecule has 0 spiro atoms. The molecule has 0 saturated heterocycles. The first-order chi connectivity index (χ1) is 16.7. The fraction of sp³-hybridized carbons (Fsp3) is 0.370. The smallest absolute Gasteiger partial charge is 0.304 e. The molecule has 2 atom stereocenters. The molecule has 6 nitrogen and oxygen atoms in total. The molecule has 2 heterocycles. The monoisotopic (exact) mass is 510 g/mol. The Balaban J connectivity index is 1.66. The minimum atomic E-state index is -0.892. The maximum Gasteiger partial charge on any atom is 0.304 e. The second kappa shape index (κ2) is 10.9. The normalized spacial score (nSPS) is 16.7. The molecule has 0 amide bonds. The summed E-state index contributed by atoms with van der Waals surface area (Å²) in [5, 5.41) is 10.3. The van der Waals surface area contributed by atoms with Crippen molar-refractivity contribution in [2.75, 3.05) is 6.54 Å². The lowest BCUT2D eigenvalue weighted by molar-refractivity contribution is -0.137. The lowest BCUT2D eigenvalue weighted by atomic mass is 9.93. The number of carboxylic acid groups (broad SMARTS) is 1. The molecule has 35 heavy (non-hydrogen) atoms. The Morgan fingerprint density at radius 1 is 1.23 bits per heavy atom. The van der Waals surface area contributed by atoms with Crippen molar-refractivity contribution in [3.8, 4) is 5.75 Å². The molecule has 0 fully saturated rings. The van der Waals surface area contributed by atoms with Gasteiger partial charge in [0.05, 0.1) is 21.9 Å². The van der Waals surface area contributed by atoms with Gasteiger partial charge in [-0.2, -0.15) is 0 Å². The van der Waals surface area contributed by atoms with Gasteiger partial charge in [-0.3, -0.25) is 9.59 Å². The molecule has 184 valence electrons. The highest BCUT2D eigenvalue weighted by Gasteiger charge is 2.26. The predicted molar refractivity (Wildman–Crippen MR) is 140 cm³/mol. The molecule has 0 bridgehead atoms. The number of rotatable bonds is 8. The summed E-state index contributed by atoms with van der Waals surface area (Å²) >= 11 is 3.00. The van der Waals surface area contributed by atoms with Crippen LogP contribution >= 0.6 is 23.3 Å². The molecule has 4 rings (SSSR count). The van der Waals surface area contributed by atoms with E-state index >= 15 is 0 Å². The fourth-order valence-electron chi connectivity index (χ4n) is 4.24. The zero-order chi connectivity index (χ0) is 25.1. The summed E-state index contributed by atoms with van der Waals surface area (Å²) in [5.74, 6) is -0.430. The summed E-state index contributed by atoms with van der Waals surface area (Å²) < 4.78 is 8.56. The molecular weight excluding hydrogens is 480 g/mol. The zero-order valence-electron chi connectivity index (χ0n) is 20.4. The van der Waals surface area contributed by atoms with Gasteiger partial charge < -0.3 is 9.84 Å². The van der Waals surface area contributed by atoms with Crippen LogP contribution in [0.5, 0.6) is 5.75 Å². The molecule has 1 unspecified atom stereocenters. The Kier molecular flexibility index (Phi) is 7.94. The van der Waals surface area contributed by atoms with E-state index in [1.165, 1.54) is 18.3 Å². The van der Waals surface area contributed by atoms with Crippen molar-refractivity contribution in [3.63, 3.8) is 0 Å². The van der Waals surface area contributed by atoms with Crippen LogP contribution in [-0.4, -0.2) is 38.8 Å². The Labute approximate surface area is 214 Å². The van der Waals surface area contributed by atoms with E-state index in [1.54, 1.807) is 18.9 Å². The molecule has 1 N–H and O–H groups in total. The summed E-state index contributed by atoms with van der Waals surface area (Å²) in [4.78, 5) is 30.0. The summed E-state index contributed by atoms with van der Waals surface area (Å²) in [5.41, 5.74) is 3.85. The Hall–Kier alpha value is -2.68. The topological polar surface area (TPSA) is 79.7 Å². The van der Waals surface area contributed by atoms with Gasteiger partial charge in [0.1, 0.15) is 16.9 Å². The third-order valence-electron chi connectivity index (χ3n) is 6.16. The van der Waals surface area contributed by atoms with Crippen LogP contribution in [0.15, 0.2) is 47.4 Å². The van der Waals surface area contributed by atoms with Crippen LogP contribution in [0.2, 0.25) is 0 Å². The van der Waals surface area contributed by atoms with E-state index in [4.69, 9.17) is 4.74 Å². The standard InChI is InChI=1S/C27H30N2O4S2/c1-5-21-15-29(35-24-9-7-6-8-23(24)33-21)14-20-12-19(11-10-16(20)2)22(13-25(31)32)27-28-17(3)26(34-27)18(4)30/h6-12,21-22H,5,13-15H2,1-4H3,(H,31,32)/t21-,22?/m1/s1. The number of benzene rings is 2. The van der Waals surface area contributed by atoms with Gasteiger partial charge in [-0.15, -0.1) is 11.3 Å². The second-order valence-corrected chi connectivity index (χ2v) is 11.0. The molecule has 0 aliphatic carbocycles. The van der Waals surface area contributed by atoms with Crippen molar-refractivity contribution in [1.82, 2.24) is 9.29 Å². The minimum Gasteiger partial charge on any atom is -0.488 e. The summed E-state index contributed by atoms with van der Waals surface area (Å²) in [6.07, 6.45) is 0.926. The molecule has 1 aliphatic heterocycles. The number of hydrogen-bond donors (Lipinski definition) is 1. The first kappa shape index (κ1) is 25.4. The third-order valence-corrected chi connectivity index (χ3v) is 8.61. The van der Waals surface area contributed by atoms with Gasteiger partial charge in [0.15, 0.2) is 5.78 Å². The Bertz CT molecular complexity index is 1240. The number of hydrogen-bond acceptors (Lipinski definition) is 7. The van der Waals surface area contributed by atoms with Crippen LogP contribution in [0, 0.1) is 13.8 Å². The number of ether oxygens (including phenoxy) is 1. The maximum absolute atomic E-state index is 12.0. The van der Waals surface area contributed by atoms with E-state index in [1.807, 2.05) is 24.3 Å². The number of para-hydroxylation sites is 1. The number of carbonyl (C=O) groups is 2. The number of ketones is 1. The number of nitrogens with zero attached hydrogens (tertiary/aromatic N) is 2. The Morgan fingerprint density at radius 3 is 2.69 bits per heavy atom. The lowest BCUT2D eigenvalue weighted by Gasteiger charge is -2.23. The van der Waals surface area contributed by atoms with Crippen LogP contribution in [0.1, 0.15) is 69.7 Å². The number of aliphatic carboxylic acids is 1. The van der Waals surface area contributed by atoms with Gasteiger partial charge in [0, 0.05) is 25.9 Å². The van der Waals surface area contributed by atoms with E-state index in [-0.39, 0.29) is 18.3 Å². The highest BCUT2D eigenvalue weighted by molar-refractivity contribution is 7.97. The van der Waals surface area contributed by atoms with Crippen LogP contribution < -0.4 is 4.74 Å². The second-order valence-electron chi connectivity index (χ2n) is 8.87. The lowest BCUT2D eigenvalue weighted by Crippen LogP contribution is -2.29. The summed E-state index contributed by atoms with van der Waals surface area (Å²) in [7, 11) is 0. The number of aromatic nitrogens is 1. The number of carbonyl (C=O) groups excluding carboxylic acids is 1. The molecule has 1 aliphatic rings. The molecule has 0 saturated carbocycles. The zero-order valence-corrected chi connectivity index (χ0v) is 22.0. The quantitative estimate of drug-likeness (QED) is 0.283. The highest BCUT2D eigenvalue weighted by atomic mass is 32.2. The van der Waals surface area contributed by atoms with Gasteiger partial charge >= 0.3 is 5.97 Å². The van der Waals surface area contributed by atoms with Crippen molar-refractivity contribution in [2.45, 2.75) is 64.0 Å². The van der Waals surface area contributed by atoms with Gasteiger partial charge in [-0.05, 0) is 61.0 Å². The minimum absolute atomic E-state index is 0.0453. The number of fused-ring (bicyclic) bond motifs is 1. The van der Waals surface area contributed by atoms with Crippen molar-refractivity contribution in [3.05, 3.63) is 74.7 Å². The average Bonchev–Trinajstić information content (AvgIpc) is 3.11. The maximum atomic E-state index is 12.0. The van der Waals surface area contributed by atoms with Gasteiger partial charge in [-0.1, -0.05) is 37.3 Å². The number of Topliss-reactive ketones (excluding diaryl/α,β-unsaturated/α-hetero) is 1. The number of aryl methyl sites for hydroxylation is 2. The van der Waals surface area contributed by atoms with Crippen LogP contribution in [0.3, 0.4) is 0 Å². The van der Waals surface area contributed by atoms with E-state index in [0.717, 1.165) is 40.3 Å². The SMILES string of the molecule is CC[C@@H]1CN(Cc2cc(C(CC(=O)O)c3nc(C)c(C(C)=O)s3)ccc2C)Sc2ccccc2O1. The largest absolute Gasteiger partial charge is 0.488 e. The van der Waals surface area contributed by atoms with Crippen molar-refractivity contribution >= 4 is 35.0 Å². The molecule has 8 heteroatoms. The average molecular weight is 511 g/mol. The highest BCUT2D eigenvalue weighted by Crippen LogP contribution is 2.38. The van der Waals surface area contributed by atoms with Crippen molar-refractivity contribution in [2.24, 2.45) is 0 Å². The van der Waals surface area contributed by atoms with E-state index < -0.39 is 11.9 Å². The first-order valence-electron chi connectivity index (χ1n) is 11.7. The first-order valence-corrected chi connectivity index (χ1v) is 13.3. The molecular formula is C27H30N2O4S2. The molecule has 3 aromatic rings. The summed E-state index contributed by atoms with van der Waals surface area (Å²) in [6, 6.07) is 14.3. The summed E-state index contributed by atoms with van der Waals surface area (Å²) in [6.45, 7) is 9.02. The molecule has 0 radical (unpaired) electrons. The number of carboxylic acids is 1. The van der Waals surface area contributed by atoms with E-state index in [2.05, 4.69) is 41.3 Å². The Morgan fingerprint density at radius 2 is 2.00 bits per heavy atom. The van der Waals surface area contributed by atoms with E-state index in [9.17, 15) is 14.7 Å². The van der Waals surface area contributed by atoms with Crippen molar-refractivity contribution < 1.29 is 19.4 Å². The predicted octanol–water partition coefficient (Wildman–Crippen LogP) is 6.25. The van der Waals surface area contributed by atoms with Crippen LogP contribution in [0.25, 0.3) is 0 Å². The number of thiazole rings is 1. The van der Waals surface area contributed by atoms with Gasteiger partial charge in [0.25, 0.3) is 0 Å². The molecule has 1 aromatic heterocycles.